The molecule has 0 aromatic rings. The first-order valence-electron chi connectivity index (χ1n) is 35.6. The second-order valence-electron chi connectivity index (χ2n) is 24.1. The van der Waals surface area contributed by atoms with E-state index in [0.29, 0.717) is 19.3 Å². The van der Waals surface area contributed by atoms with Crippen molar-refractivity contribution in [2.24, 2.45) is 0 Å². The molecule has 1 unspecified atom stereocenters. The number of unbranched alkanes of at least 4 members (excludes halogenated alkanes) is 47. The lowest BCUT2D eigenvalue weighted by molar-refractivity contribution is -0.167. The summed E-state index contributed by atoms with van der Waals surface area (Å²) in [5.41, 5.74) is 0. The maximum Gasteiger partial charge on any atom is 0.306 e. The predicted octanol–water partition coefficient (Wildman–Crippen LogP) is 24.5. The van der Waals surface area contributed by atoms with Gasteiger partial charge in [-0.15, -0.1) is 0 Å². The average molecular weight is 1120 g/mol. The molecule has 6 nitrogen and oxygen atoms in total. The van der Waals surface area contributed by atoms with Crippen molar-refractivity contribution in [2.75, 3.05) is 13.2 Å². The van der Waals surface area contributed by atoms with E-state index in [1.807, 2.05) is 0 Å². The van der Waals surface area contributed by atoms with Crippen LogP contribution in [0.1, 0.15) is 387 Å². The fraction of sp³-hybridized carbons (Fsp3) is 0.851. The van der Waals surface area contributed by atoms with E-state index in [-0.39, 0.29) is 31.1 Å². The van der Waals surface area contributed by atoms with Gasteiger partial charge in [0.15, 0.2) is 6.10 Å². The highest BCUT2D eigenvalue weighted by Crippen LogP contribution is 2.19. The second-order valence-corrected chi connectivity index (χ2v) is 24.1. The Morgan fingerprint density at radius 1 is 0.263 bits per heavy atom. The Kier molecular flexibility index (Phi) is 66.6. The van der Waals surface area contributed by atoms with E-state index in [1.165, 1.54) is 263 Å². The molecule has 0 bridgehead atoms. The molecule has 80 heavy (non-hydrogen) atoms. The molecule has 6 heteroatoms. The fourth-order valence-electron chi connectivity index (χ4n) is 10.8. The zero-order valence-electron chi connectivity index (χ0n) is 53.9. The summed E-state index contributed by atoms with van der Waals surface area (Å²) < 4.78 is 17.0. The Labute approximate surface area is 498 Å². The molecule has 0 amide bonds. The average Bonchev–Trinajstić information content (AvgIpc) is 3.46. The van der Waals surface area contributed by atoms with Gasteiger partial charge in [-0.3, -0.25) is 14.4 Å². The maximum atomic E-state index is 12.9. The molecular formula is C74H136O6. The van der Waals surface area contributed by atoms with Crippen LogP contribution in [0.15, 0.2) is 48.6 Å². The SMILES string of the molecule is CC/C=C\C/C=C\C/C=C\CCCCCC(=O)OCC(COC(=O)CCCCCCCCCCCCCCCCCCCCCCCCCCCCCC)OC(=O)CCCCCCCCCCC/C=C\CCCCCCCCCC. The minimum atomic E-state index is -0.786. The molecule has 0 saturated heterocycles. The Hall–Kier alpha value is -2.63. The van der Waals surface area contributed by atoms with Gasteiger partial charge in [0.2, 0.25) is 0 Å². The van der Waals surface area contributed by atoms with E-state index >= 15 is 0 Å². The topological polar surface area (TPSA) is 78.9 Å². The molecule has 0 aliphatic rings. The van der Waals surface area contributed by atoms with Crippen LogP contribution in [0.3, 0.4) is 0 Å². The van der Waals surface area contributed by atoms with Crippen molar-refractivity contribution < 1.29 is 28.6 Å². The van der Waals surface area contributed by atoms with Gasteiger partial charge in [0.05, 0.1) is 0 Å². The fourth-order valence-corrected chi connectivity index (χ4v) is 10.8. The summed E-state index contributed by atoms with van der Waals surface area (Å²) in [5, 5.41) is 0. The minimum Gasteiger partial charge on any atom is -0.462 e. The molecule has 0 rings (SSSR count). The molecule has 0 aliphatic carbocycles. The monoisotopic (exact) mass is 1120 g/mol. The molecule has 0 spiro atoms. The van der Waals surface area contributed by atoms with Gasteiger partial charge in [-0.2, -0.15) is 0 Å². The highest BCUT2D eigenvalue weighted by molar-refractivity contribution is 5.71. The first-order chi connectivity index (χ1) is 39.5. The summed E-state index contributed by atoms with van der Waals surface area (Å²) in [4.78, 5) is 38.4. The third-order valence-corrected chi connectivity index (χ3v) is 16.1. The number of hydrogen-bond acceptors (Lipinski definition) is 6. The van der Waals surface area contributed by atoms with E-state index in [2.05, 4.69) is 69.4 Å². The summed E-state index contributed by atoms with van der Waals surface area (Å²) in [6.07, 6.45) is 87.3. The molecular weight excluding hydrogens is 985 g/mol. The highest BCUT2D eigenvalue weighted by Gasteiger charge is 2.19. The third kappa shape index (κ3) is 66.2. The standard InChI is InChI=1S/C74H136O6/c1-4-7-10-13-16-19-22-25-27-29-31-33-34-35-36-37-38-39-41-42-44-46-49-52-55-58-61-64-67-73(76)79-70-71(69-78-72(75)66-63-60-57-54-51-48-24-21-18-15-12-9-6-3)80-74(77)68-65-62-59-56-53-50-47-45-43-40-32-30-28-26-23-20-17-14-11-8-5-2/h9,12,18,21,30,32,48,51,71H,4-8,10-11,13-17,19-20,22-29,31,33-47,49-50,52-70H2,1-3H3/b12-9-,21-18-,32-30-,51-48-. The van der Waals surface area contributed by atoms with Crippen LogP contribution in [0.5, 0.6) is 0 Å². The molecule has 0 radical (unpaired) electrons. The summed E-state index contributed by atoms with van der Waals surface area (Å²) >= 11 is 0. The van der Waals surface area contributed by atoms with Crippen LogP contribution in [-0.2, 0) is 28.6 Å². The summed E-state index contributed by atoms with van der Waals surface area (Å²) in [5.74, 6) is -0.888. The maximum absolute atomic E-state index is 12.9. The van der Waals surface area contributed by atoms with Gasteiger partial charge in [0.1, 0.15) is 13.2 Å². The predicted molar refractivity (Wildman–Crippen MR) is 349 cm³/mol. The zero-order valence-corrected chi connectivity index (χ0v) is 53.9. The van der Waals surface area contributed by atoms with Crippen LogP contribution in [0.2, 0.25) is 0 Å². The van der Waals surface area contributed by atoms with Gasteiger partial charge in [0.25, 0.3) is 0 Å². The van der Waals surface area contributed by atoms with E-state index in [0.717, 1.165) is 83.5 Å². The van der Waals surface area contributed by atoms with Crippen molar-refractivity contribution in [2.45, 2.75) is 393 Å². The van der Waals surface area contributed by atoms with Gasteiger partial charge in [-0.05, 0) is 77.0 Å². The largest absolute Gasteiger partial charge is 0.462 e. The van der Waals surface area contributed by atoms with Crippen LogP contribution < -0.4 is 0 Å². The summed E-state index contributed by atoms with van der Waals surface area (Å²) in [6.45, 7) is 6.57. The Morgan fingerprint density at radius 2 is 0.487 bits per heavy atom. The van der Waals surface area contributed by atoms with Crippen molar-refractivity contribution in [3.8, 4) is 0 Å². The second kappa shape index (κ2) is 68.9. The molecule has 0 heterocycles. The molecule has 0 aliphatic heterocycles. The summed E-state index contributed by atoms with van der Waals surface area (Å²) in [7, 11) is 0. The molecule has 1 atom stereocenters. The lowest BCUT2D eigenvalue weighted by Crippen LogP contribution is -2.30. The smallest absolute Gasteiger partial charge is 0.306 e. The van der Waals surface area contributed by atoms with Gasteiger partial charge in [0, 0.05) is 19.3 Å². The summed E-state index contributed by atoms with van der Waals surface area (Å²) in [6, 6.07) is 0. The Balaban J connectivity index is 4.21. The first kappa shape index (κ1) is 77.4. The first-order valence-corrected chi connectivity index (χ1v) is 35.6. The van der Waals surface area contributed by atoms with E-state index in [4.69, 9.17) is 14.2 Å². The van der Waals surface area contributed by atoms with E-state index < -0.39 is 6.10 Å². The molecule has 0 fully saturated rings. The van der Waals surface area contributed by atoms with E-state index in [9.17, 15) is 14.4 Å². The molecule has 468 valence electrons. The Bertz CT molecular complexity index is 1380. The molecule has 0 saturated carbocycles. The number of esters is 3. The molecule has 0 aromatic carbocycles. The van der Waals surface area contributed by atoms with Gasteiger partial charge < -0.3 is 14.2 Å². The lowest BCUT2D eigenvalue weighted by atomic mass is 10.0. The quantitative estimate of drug-likeness (QED) is 0.0261. The third-order valence-electron chi connectivity index (χ3n) is 16.1. The minimum absolute atomic E-state index is 0.0794. The highest BCUT2D eigenvalue weighted by atomic mass is 16.6. The normalized spacial score (nSPS) is 12.3. The van der Waals surface area contributed by atoms with Crippen molar-refractivity contribution in [1.29, 1.82) is 0 Å². The molecule has 0 N–H and O–H groups in total. The lowest BCUT2D eigenvalue weighted by Gasteiger charge is -2.18. The number of carbonyl (C=O) groups excluding carboxylic acids is 3. The van der Waals surface area contributed by atoms with Crippen LogP contribution in [0.4, 0.5) is 0 Å². The van der Waals surface area contributed by atoms with Crippen LogP contribution in [0, 0.1) is 0 Å². The van der Waals surface area contributed by atoms with Crippen LogP contribution in [-0.4, -0.2) is 37.2 Å². The van der Waals surface area contributed by atoms with Gasteiger partial charge in [-0.1, -0.05) is 339 Å². The van der Waals surface area contributed by atoms with Crippen molar-refractivity contribution in [3.63, 3.8) is 0 Å². The number of ether oxygens (including phenoxy) is 3. The van der Waals surface area contributed by atoms with Crippen molar-refractivity contribution in [3.05, 3.63) is 48.6 Å². The van der Waals surface area contributed by atoms with E-state index in [1.54, 1.807) is 0 Å². The van der Waals surface area contributed by atoms with Crippen LogP contribution in [0.25, 0.3) is 0 Å². The zero-order chi connectivity index (χ0) is 57.8. The Morgan fingerprint density at radius 3 is 0.787 bits per heavy atom. The number of hydrogen-bond donors (Lipinski definition) is 0. The van der Waals surface area contributed by atoms with Gasteiger partial charge >= 0.3 is 17.9 Å². The number of rotatable bonds is 66. The number of carbonyl (C=O) groups is 3. The van der Waals surface area contributed by atoms with Gasteiger partial charge in [-0.25, -0.2) is 0 Å². The van der Waals surface area contributed by atoms with Crippen LogP contribution >= 0.6 is 0 Å². The van der Waals surface area contributed by atoms with Crippen molar-refractivity contribution >= 4 is 17.9 Å². The molecule has 0 aromatic heterocycles. The number of allylic oxidation sites excluding steroid dienone is 8. The van der Waals surface area contributed by atoms with Crippen molar-refractivity contribution in [1.82, 2.24) is 0 Å².